The normalized spacial score (nSPS) is 10.4. The minimum atomic E-state index is -2.98. The number of benzene rings is 1. The average Bonchev–Trinajstić information content (AvgIpc) is 2.54. The van der Waals surface area contributed by atoms with Gasteiger partial charge in [0.1, 0.15) is 16.8 Å². The number of carbonyl (C=O) groups is 1. The third kappa shape index (κ3) is 5.16. The quantitative estimate of drug-likeness (QED) is 0.788. The van der Waals surface area contributed by atoms with Crippen LogP contribution in [0.5, 0.6) is 5.75 Å². The van der Waals surface area contributed by atoms with Crippen LogP contribution >= 0.6 is 11.8 Å². The summed E-state index contributed by atoms with van der Waals surface area (Å²) in [4.78, 5) is 16.4. The van der Waals surface area contributed by atoms with Crippen LogP contribution in [-0.2, 0) is 4.79 Å². The number of anilines is 1. The molecule has 2 rings (SSSR count). The van der Waals surface area contributed by atoms with Gasteiger partial charge in [0.2, 0.25) is 5.91 Å². The number of halogens is 2. The van der Waals surface area contributed by atoms with Gasteiger partial charge in [-0.05, 0) is 37.6 Å². The lowest BCUT2D eigenvalue weighted by atomic mass is 10.1. The highest BCUT2D eigenvalue weighted by molar-refractivity contribution is 8.00. The van der Waals surface area contributed by atoms with Crippen LogP contribution in [0.25, 0.3) is 0 Å². The van der Waals surface area contributed by atoms with Crippen LogP contribution in [0.4, 0.5) is 14.5 Å². The lowest BCUT2D eigenvalue weighted by molar-refractivity contribution is -0.113. The van der Waals surface area contributed by atoms with E-state index in [0.717, 1.165) is 23.0 Å². The van der Waals surface area contributed by atoms with Crippen molar-refractivity contribution in [2.75, 3.05) is 11.1 Å². The lowest BCUT2D eigenvalue weighted by Gasteiger charge is -2.12. The number of pyridine rings is 1. The predicted molar refractivity (Wildman–Crippen MR) is 90.9 cm³/mol. The molecule has 0 fully saturated rings. The van der Waals surface area contributed by atoms with Gasteiger partial charge >= 0.3 is 6.61 Å². The number of aromatic nitrogens is 1. The second kappa shape index (κ2) is 8.44. The van der Waals surface area contributed by atoms with E-state index < -0.39 is 12.5 Å². The molecule has 0 saturated heterocycles. The van der Waals surface area contributed by atoms with Crippen molar-refractivity contribution in [3.8, 4) is 11.8 Å². The molecule has 0 aliphatic carbocycles. The SMILES string of the molecule is Cc1cc(C)c(C#N)c(SCC(=O)Nc2ccccc2OC(F)F)n1. The molecule has 1 amide bonds. The number of nitrogens with zero attached hydrogens (tertiary/aromatic N) is 2. The summed E-state index contributed by atoms with van der Waals surface area (Å²) in [6, 6.07) is 9.80. The van der Waals surface area contributed by atoms with Crippen LogP contribution in [-0.4, -0.2) is 23.3 Å². The summed E-state index contributed by atoms with van der Waals surface area (Å²) in [5.74, 6) is -0.550. The smallest absolute Gasteiger partial charge is 0.387 e. The van der Waals surface area contributed by atoms with Crippen LogP contribution in [0.2, 0.25) is 0 Å². The van der Waals surface area contributed by atoms with Crippen LogP contribution < -0.4 is 10.1 Å². The molecule has 25 heavy (non-hydrogen) atoms. The van der Waals surface area contributed by atoms with E-state index in [-0.39, 0.29) is 17.2 Å². The Hall–Kier alpha value is -2.66. The number of aryl methyl sites for hydroxylation is 2. The molecular formula is C17H15F2N3O2S. The minimum Gasteiger partial charge on any atom is -0.433 e. The summed E-state index contributed by atoms with van der Waals surface area (Å²) in [5.41, 5.74) is 2.11. The third-order valence-electron chi connectivity index (χ3n) is 3.14. The van der Waals surface area contributed by atoms with Crippen molar-refractivity contribution in [1.29, 1.82) is 5.26 Å². The zero-order valence-corrected chi connectivity index (χ0v) is 14.4. The summed E-state index contributed by atoms with van der Waals surface area (Å²) in [6.45, 7) is 0.621. The highest BCUT2D eigenvalue weighted by Crippen LogP contribution is 2.27. The Balaban J connectivity index is 2.07. The largest absolute Gasteiger partial charge is 0.433 e. The maximum Gasteiger partial charge on any atom is 0.387 e. The van der Waals surface area contributed by atoms with Crippen molar-refractivity contribution < 1.29 is 18.3 Å². The summed E-state index contributed by atoms with van der Waals surface area (Å²) in [5, 5.41) is 12.2. The molecular weight excluding hydrogens is 348 g/mol. The summed E-state index contributed by atoms with van der Waals surface area (Å²) in [7, 11) is 0. The monoisotopic (exact) mass is 363 g/mol. The molecule has 5 nitrogen and oxygen atoms in total. The second-order valence-corrected chi connectivity index (χ2v) is 6.05. The maximum absolute atomic E-state index is 12.4. The van der Waals surface area contributed by atoms with E-state index in [4.69, 9.17) is 0 Å². The van der Waals surface area contributed by atoms with E-state index in [1.807, 2.05) is 0 Å². The van der Waals surface area contributed by atoms with E-state index in [1.54, 1.807) is 26.0 Å². The van der Waals surface area contributed by atoms with Gasteiger partial charge in [-0.2, -0.15) is 14.0 Å². The first-order chi connectivity index (χ1) is 11.9. The van der Waals surface area contributed by atoms with Crippen molar-refractivity contribution >= 4 is 23.4 Å². The number of thioether (sulfide) groups is 1. The molecule has 0 bridgehead atoms. The number of hydrogen-bond acceptors (Lipinski definition) is 5. The van der Waals surface area contributed by atoms with Gasteiger partial charge in [0.05, 0.1) is 17.0 Å². The number of carbonyl (C=O) groups excluding carboxylic acids is 1. The van der Waals surface area contributed by atoms with E-state index in [0.29, 0.717) is 10.6 Å². The Morgan fingerprint density at radius 1 is 1.40 bits per heavy atom. The molecule has 0 radical (unpaired) electrons. The molecule has 1 N–H and O–H groups in total. The Labute approximate surface area is 148 Å². The zero-order valence-electron chi connectivity index (χ0n) is 13.5. The number of nitriles is 1. The average molecular weight is 363 g/mol. The van der Waals surface area contributed by atoms with Gasteiger partial charge in [0.25, 0.3) is 0 Å². The molecule has 1 aromatic heterocycles. The standard InChI is InChI=1S/C17H15F2N3O2S/c1-10-7-11(2)21-16(12(10)8-20)25-9-15(23)22-13-5-3-4-6-14(13)24-17(18)19/h3-7,17H,9H2,1-2H3,(H,22,23). The van der Waals surface area contributed by atoms with Crippen molar-refractivity contribution in [2.45, 2.75) is 25.5 Å². The Bertz CT molecular complexity index is 822. The molecule has 130 valence electrons. The number of alkyl halides is 2. The molecule has 0 saturated carbocycles. The minimum absolute atomic E-state index is 0.0203. The Morgan fingerprint density at radius 2 is 2.12 bits per heavy atom. The van der Waals surface area contributed by atoms with Crippen molar-refractivity contribution in [3.05, 3.63) is 47.2 Å². The van der Waals surface area contributed by atoms with E-state index >= 15 is 0 Å². The third-order valence-corrected chi connectivity index (χ3v) is 4.12. The van der Waals surface area contributed by atoms with Crippen LogP contribution in [0.3, 0.4) is 0 Å². The lowest BCUT2D eigenvalue weighted by Crippen LogP contribution is -2.16. The summed E-state index contributed by atoms with van der Waals surface area (Å²) >= 11 is 1.11. The van der Waals surface area contributed by atoms with Crippen LogP contribution in [0, 0.1) is 25.2 Å². The summed E-state index contributed by atoms with van der Waals surface area (Å²) in [6.07, 6.45) is 0. The van der Waals surface area contributed by atoms with Crippen LogP contribution in [0.1, 0.15) is 16.8 Å². The van der Waals surface area contributed by atoms with Gasteiger partial charge in [-0.3, -0.25) is 4.79 Å². The number of ether oxygens (including phenoxy) is 1. The molecule has 0 aliphatic rings. The molecule has 8 heteroatoms. The fourth-order valence-electron chi connectivity index (χ4n) is 2.13. The molecule has 0 unspecified atom stereocenters. The van der Waals surface area contributed by atoms with Gasteiger partial charge in [-0.1, -0.05) is 23.9 Å². The number of amides is 1. The first-order valence-electron chi connectivity index (χ1n) is 7.25. The number of para-hydroxylation sites is 2. The fraction of sp³-hybridized carbons (Fsp3) is 0.235. The fourth-order valence-corrected chi connectivity index (χ4v) is 3.03. The highest BCUT2D eigenvalue weighted by atomic mass is 32.2. The molecule has 0 aliphatic heterocycles. The van der Waals surface area contributed by atoms with Gasteiger partial charge in [-0.25, -0.2) is 4.98 Å². The molecule has 1 heterocycles. The number of rotatable bonds is 6. The first kappa shape index (κ1) is 18.7. The van der Waals surface area contributed by atoms with E-state index in [1.165, 1.54) is 18.2 Å². The molecule has 2 aromatic rings. The number of nitrogens with one attached hydrogen (secondary N) is 1. The van der Waals surface area contributed by atoms with Gasteiger partial charge in [0, 0.05) is 5.69 Å². The first-order valence-corrected chi connectivity index (χ1v) is 8.24. The molecule has 0 spiro atoms. The van der Waals surface area contributed by atoms with E-state index in [2.05, 4.69) is 21.1 Å². The number of hydrogen-bond donors (Lipinski definition) is 1. The molecule has 1 aromatic carbocycles. The molecule has 0 atom stereocenters. The second-order valence-electron chi connectivity index (χ2n) is 5.08. The zero-order chi connectivity index (χ0) is 18.4. The highest BCUT2D eigenvalue weighted by Gasteiger charge is 2.14. The van der Waals surface area contributed by atoms with Gasteiger partial charge < -0.3 is 10.1 Å². The maximum atomic E-state index is 12.4. The Morgan fingerprint density at radius 3 is 2.80 bits per heavy atom. The van der Waals surface area contributed by atoms with Crippen molar-refractivity contribution in [3.63, 3.8) is 0 Å². The Kier molecular flexibility index (Phi) is 6.31. The van der Waals surface area contributed by atoms with Crippen LogP contribution in [0.15, 0.2) is 35.4 Å². The predicted octanol–water partition coefficient (Wildman–Crippen LogP) is 3.90. The van der Waals surface area contributed by atoms with Gasteiger partial charge in [-0.15, -0.1) is 0 Å². The van der Waals surface area contributed by atoms with Crippen molar-refractivity contribution in [1.82, 2.24) is 4.98 Å². The topological polar surface area (TPSA) is 75.0 Å². The van der Waals surface area contributed by atoms with E-state index in [9.17, 15) is 18.8 Å². The van der Waals surface area contributed by atoms with Crippen molar-refractivity contribution in [2.24, 2.45) is 0 Å². The summed E-state index contributed by atoms with van der Waals surface area (Å²) < 4.78 is 29.1. The van der Waals surface area contributed by atoms with Gasteiger partial charge in [0.15, 0.2) is 0 Å².